The summed E-state index contributed by atoms with van der Waals surface area (Å²) in [4.78, 5) is 0. The van der Waals surface area contributed by atoms with Gasteiger partial charge in [0.25, 0.3) is 0 Å². The monoisotopic (exact) mass is 456 g/mol. The highest BCUT2D eigenvalue weighted by Crippen LogP contribution is 2.46. The lowest BCUT2D eigenvalue weighted by molar-refractivity contribution is -0.141. The molecule has 2 fully saturated rings. The Morgan fingerprint density at radius 1 is 0.906 bits per heavy atom. The molecule has 1 aromatic carbocycles. The number of halogens is 4. The average molecular weight is 457 g/mol. The van der Waals surface area contributed by atoms with Gasteiger partial charge >= 0.3 is 6.18 Å². The largest absolute Gasteiger partial charge is 0.492 e. The van der Waals surface area contributed by atoms with Crippen molar-refractivity contribution in [2.24, 2.45) is 17.8 Å². The zero-order valence-electron chi connectivity index (χ0n) is 20.0. The number of ether oxygens (including phenoxy) is 1. The van der Waals surface area contributed by atoms with E-state index in [-0.39, 0.29) is 29.8 Å². The van der Waals surface area contributed by atoms with Gasteiger partial charge in [-0.1, -0.05) is 52.4 Å². The summed E-state index contributed by atoms with van der Waals surface area (Å²) in [5, 5.41) is 0. The number of alkyl halides is 3. The van der Waals surface area contributed by atoms with Gasteiger partial charge in [0.05, 0.1) is 6.61 Å². The predicted molar refractivity (Wildman–Crippen MR) is 122 cm³/mol. The molecule has 0 atom stereocenters. The van der Waals surface area contributed by atoms with Crippen LogP contribution in [0.1, 0.15) is 114 Å². The van der Waals surface area contributed by atoms with Gasteiger partial charge in [-0.3, -0.25) is 0 Å². The van der Waals surface area contributed by atoms with Crippen LogP contribution in [0.5, 0.6) is 5.75 Å². The average Bonchev–Trinajstić information content (AvgIpc) is 2.77. The van der Waals surface area contributed by atoms with E-state index >= 15 is 4.39 Å². The van der Waals surface area contributed by atoms with E-state index < -0.39 is 17.6 Å². The maximum absolute atomic E-state index is 15.4. The van der Waals surface area contributed by atoms with Crippen LogP contribution in [0.2, 0.25) is 0 Å². The fraction of sp³-hybridized carbons (Fsp3) is 0.778. The first-order valence-corrected chi connectivity index (χ1v) is 12.8. The van der Waals surface area contributed by atoms with E-state index in [0.29, 0.717) is 17.4 Å². The van der Waals surface area contributed by atoms with Gasteiger partial charge in [0, 0.05) is 0 Å². The van der Waals surface area contributed by atoms with Gasteiger partial charge in [-0.15, -0.1) is 0 Å². The predicted octanol–water partition coefficient (Wildman–Crippen LogP) is 9.21. The van der Waals surface area contributed by atoms with Gasteiger partial charge in [-0.05, 0) is 86.3 Å². The minimum Gasteiger partial charge on any atom is -0.492 e. The van der Waals surface area contributed by atoms with Gasteiger partial charge in [0.15, 0.2) is 0 Å². The zero-order valence-corrected chi connectivity index (χ0v) is 20.0. The van der Waals surface area contributed by atoms with Crippen molar-refractivity contribution in [1.82, 2.24) is 0 Å². The Kier molecular flexibility index (Phi) is 8.91. The summed E-state index contributed by atoms with van der Waals surface area (Å²) >= 11 is 0. The Morgan fingerprint density at radius 3 is 2.06 bits per heavy atom. The minimum absolute atomic E-state index is 0.133. The van der Waals surface area contributed by atoms with E-state index in [0.717, 1.165) is 64.2 Å². The Balaban J connectivity index is 1.75. The lowest BCUT2D eigenvalue weighted by atomic mass is 9.76. The highest BCUT2D eigenvalue weighted by atomic mass is 19.4. The van der Waals surface area contributed by atoms with Crippen molar-refractivity contribution in [1.29, 1.82) is 0 Å². The first-order valence-electron chi connectivity index (χ1n) is 12.8. The van der Waals surface area contributed by atoms with Crippen LogP contribution in [0.15, 0.2) is 6.07 Å². The van der Waals surface area contributed by atoms with Crippen molar-refractivity contribution in [3.8, 4) is 5.75 Å². The molecule has 182 valence electrons. The van der Waals surface area contributed by atoms with Gasteiger partial charge in [-0.2, -0.15) is 13.2 Å². The van der Waals surface area contributed by atoms with Crippen molar-refractivity contribution in [2.45, 2.75) is 110 Å². The summed E-state index contributed by atoms with van der Waals surface area (Å²) in [7, 11) is 0. The van der Waals surface area contributed by atoms with E-state index in [1.54, 1.807) is 13.0 Å². The summed E-state index contributed by atoms with van der Waals surface area (Å²) in [6.45, 7) is 6.22. The summed E-state index contributed by atoms with van der Waals surface area (Å²) < 4.78 is 63.0. The fourth-order valence-electron chi connectivity index (χ4n) is 5.80. The first kappa shape index (κ1) is 25.4. The van der Waals surface area contributed by atoms with Crippen molar-refractivity contribution in [3.05, 3.63) is 28.6 Å². The molecule has 5 heteroatoms. The van der Waals surface area contributed by atoms with Crippen LogP contribution in [-0.4, -0.2) is 6.61 Å². The molecule has 2 aliphatic carbocycles. The summed E-state index contributed by atoms with van der Waals surface area (Å²) in [6.07, 6.45) is 7.53. The van der Waals surface area contributed by atoms with E-state index in [2.05, 4.69) is 13.8 Å². The maximum Gasteiger partial charge on any atom is 0.422 e. The summed E-state index contributed by atoms with van der Waals surface area (Å²) in [5.41, 5.74) is -0.550. The van der Waals surface area contributed by atoms with E-state index in [1.807, 2.05) is 0 Å². The number of unbranched alkanes of at least 4 members (excludes halogenated alkanes) is 1. The topological polar surface area (TPSA) is 9.23 Å². The van der Waals surface area contributed by atoms with E-state index in [9.17, 15) is 13.2 Å². The lowest BCUT2D eigenvalue weighted by Gasteiger charge is -2.31. The first-order chi connectivity index (χ1) is 15.2. The van der Waals surface area contributed by atoms with Crippen LogP contribution in [-0.2, 0) is 6.18 Å². The molecule has 0 aliphatic heterocycles. The standard InChI is InChI=1S/C27H40F4O/c1-4-6-7-20-12-14-22(15-13-20)23-16-18(3)26(24(25(23)28)27(29,30)31)32-17-21-10-8-19(5-2)9-11-21/h16,19-22H,4-15,17H2,1-3H3. The third kappa shape index (κ3) is 6.20. The molecule has 0 radical (unpaired) electrons. The molecule has 0 heterocycles. The SMILES string of the molecule is CCCCC1CCC(c2cc(C)c(OCC3CCC(CC)CC3)c(C(F)(F)F)c2F)CC1. The molecule has 32 heavy (non-hydrogen) atoms. The molecule has 0 amide bonds. The smallest absolute Gasteiger partial charge is 0.422 e. The van der Waals surface area contributed by atoms with E-state index in [1.165, 1.54) is 12.8 Å². The molecule has 0 N–H and O–H groups in total. The Labute approximate surface area is 191 Å². The quantitative estimate of drug-likeness (QED) is 0.354. The lowest BCUT2D eigenvalue weighted by Crippen LogP contribution is -2.22. The minimum atomic E-state index is -4.77. The molecule has 2 aliphatic rings. The Bertz CT molecular complexity index is 726. The van der Waals surface area contributed by atoms with Gasteiger partial charge in [0.2, 0.25) is 0 Å². The Hall–Kier alpha value is -1.26. The normalized spacial score (nSPS) is 26.8. The van der Waals surface area contributed by atoms with Crippen LogP contribution in [0.25, 0.3) is 0 Å². The molecular formula is C27H40F4O. The summed E-state index contributed by atoms with van der Waals surface area (Å²) in [5.74, 6) is 0.0543. The molecule has 2 saturated carbocycles. The third-order valence-corrected chi connectivity index (χ3v) is 7.97. The fourth-order valence-corrected chi connectivity index (χ4v) is 5.80. The number of aryl methyl sites for hydroxylation is 1. The zero-order chi connectivity index (χ0) is 23.3. The van der Waals surface area contributed by atoms with Crippen molar-refractivity contribution < 1.29 is 22.3 Å². The molecule has 0 spiro atoms. The number of rotatable bonds is 8. The van der Waals surface area contributed by atoms with Gasteiger partial charge < -0.3 is 4.74 Å². The molecular weight excluding hydrogens is 416 g/mol. The highest BCUT2D eigenvalue weighted by molar-refractivity contribution is 5.48. The molecule has 0 unspecified atom stereocenters. The molecule has 0 aromatic heterocycles. The molecule has 1 aromatic rings. The number of hydrogen-bond donors (Lipinski definition) is 0. The van der Waals surface area contributed by atoms with Crippen molar-refractivity contribution >= 4 is 0 Å². The molecule has 0 saturated heterocycles. The highest BCUT2D eigenvalue weighted by Gasteiger charge is 2.41. The maximum atomic E-state index is 15.4. The molecule has 0 bridgehead atoms. The van der Waals surface area contributed by atoms with Crippen LogP contribution in [0.4, 0.5) is 17.6 Å². The van der Waals surface area contributed by atoms with Crippen LogP contribution in [0, 0.1) is 30.5 Å². The van der Waals surface area contributed by atoms with E-state index in [4.69, 9.17) is 4.74 Å². The number of hydrogen-bond acceptors (Lipinski definition) is 1. The molecule has 1 nitrogen and oxygen atoms in total. The second kappa shape index (κ2) is 11.2. The van der Waals surface area contributed by atoms with Crippen molar-refractivity contribution in [3.63, 3.8) is 0 Å². The second-order valence-corrected chi connectivity index (χ2v) is 10.3. The third-order valence-electron chi connectivity index (χ3n) is 7.97. The van der Waals surface area contributed by atoms with Crippen LogP contribution < -0.4 is 4.74 Å². The number of benzene rings is 1. The van der Waals surface area contributed by atoms with Crippen LogP contribution in [0.3, 0.4) is 0 Å². The van der Waals surface area contributed by atoms with Gasteiger partial charge in [-0.25, -0.2) is 4.39 Å². The Morgan fingerprint density at radius 2 is 1.50 bits per heavy atom. The second-order valence-electron chi connectivity index (χ2n) is 10.3. The van der Waals surface area contributed by atoms with Gasteiger partial charge in [0.1, 0.15) is 17.1 Å². The summed E-state index contributed by atoms with van der Waals surface area (Å²) in [6, 6.07) is 1.63. The molecule has 3 rings (SSSR count). The van der Waals surface area contributed by atoms with Crippen LogP contribution >= 0.6 is 0 Å². The van der Waals surface area contributed by atoms with Crippen molar-refractivity contribution in [2.75, 3.05) is 6.61 Å².